The standard InChI is InChI=1S/C21H17BrN2O4S/c1-28-17-7-2-14(3-8-17)13-23-21(25)15-4-11-20(19(12-15)24(26)27)29-18-9-5-16(22)6-10-18/h2-12H,13H2,1H3,(H,23,25). The molecule has 3 rings (SSSR count). The number of nitrogens with one attached hydrogen (secondary N) is 1. The molecule has 0 bridgehead atoms. The summed E-state index contributed by atoms with van der Waals surface area (Å²) in [6.07, 6.45) is 0. The minimum atomic E-state index is -0.471. The lowest BCUT2D eigenvalue weighted by Gasteiger charge is -2.08. The number of carbonyl (C=O) groups is 1. The summed E-state index contributed by atoms with van der Waals surface area (Å²) >= 11 is 4.64. The van der Waals surface area contributed by atoms with Crippen LogP contribution in [0.5, 0.6) is 5.75 Å². The Morgan fingerprint density at radius 3 is 2.41 bits per heavy atom. The van der Waals surface area contributed by atoms with Gasteiger partial charge in [0.05, 0.1) is 16.9 Å². The van der Waals surface area contributed by atoms with Gasteiger partial charge in [0.15, 0.2) is 0 Å². The highest BCUT2D eigenvalue weighted by Crippen LogP contribution is 2.35. The lowest BCUT2D eigenvalue weighted by Crippen LogP contribution is -2.22. The third-order valence-corrected chi connectivity index (χ3v) is 5.67. The molecule has 0 aliphatic rings. The van der Waals surface area contributed by atoms with Crippen LogP contribution in [0.15, 0.2) is 81.0 Å². The largest absolute Gasteiger partial charge is 0.497 e. The molecule has 0 fully saturated rings. The summed E-state index contributed by atoms with van der Waals surface area (Å²) in [6.45, 7) is 0.312. The van der Waals surface area contributed by atoms with Gasteiger partial charge in [-0.1, -0.05) is 39.8 Å². The van der Waals surface area contributed by atoms with E-state index in [0.717, 1.165) is 20.7 Å². The van der Waals surface area contributed by atoms with E-state index in [9.17, 15) is 14.9 Å². The van der Waals surface area contributed by atoms with Crippen molar-refractivity contribution in [2.75, 3.05) is 7.11 Å². The summed E-state index contributed by atoms with van der Waals surface area (Å²) < 4.78 is 6.03. The first-order valence-electron chi connectivity index (χ1n) is 8.59. The van der Waals surface area contributed by atoms with Gasteiger partial charge in [-0.05, 0) is 54.1 Å². The summed E-state index contributed by atoms with van der Waals surface area (Å²) in [5.41, 5.74) is 1.04. The highest BCUT2D eigenvalue weighted by molar-refractivity contribution is 9.10. The van der Waals surface area contributed by atoms with Gasteiger partial charge in [-0.15, -0.1) is 0 Å². The lowest BCUT2D eigenvalue weighted by molar-refractivity contribution is -0.387. The maximum atomic E-state index is 12.5. The molecule has 3 aromatic carbocycles. The van der Waals surface area contributed by atoms with E-state index in [2.05, 4.69) is 21.2 Å². The molecule has 3 aromatic rings. The van der Waals surface area contributed by atoms with E-state index in [1.54, 1.807) is 31.4 Å². The molecular weight excluding hydrogens is 456 g/mol. The Morgan fingerprint density at radius 1 is 1.10 bits per heavy atom. The average Bonchev–Trinajstić information content (AvgIpc) is 2.74. The number of amides is 1. The van der Waals surface area contributed by atoms with Crippen LogP contribution >= 0.6 is 27.7 Å². The summed E-state index contributed by atoms with van der Waals surface area (Å²) in [5, 5.41) is 14.3. The number of hydrogen-bond donors (Lipinski definition) is 1. The van der Waals surface area contributed by atoms with Crippen LogP contribution in [0.1, 0.15) is 15.9 Å². The van der Waals surface area contributed by atoms with Gasteiger partial charge in [-0.2, -0.15) is 0 Å². The predicted octanol–water partition coefficient (Wildman–Crippen LogP) is 5.45. The van der Waals surface area contributed by atoms with Gasteiger partial charge in [-0.25, -0.2) is 0 Å². The van der Waals surface area contributed by atoms with E-state index in [4.69, 9.17) is 4.74 Å². The van der Waals surface area contributed by atoms with Crippen molar-refractivity contribution in [2.24, 2.45) is 0 Å². The zero-order valence-corrected chi connectivity index (χ0v) is 17.8. The van der Waals surface area contributed by atoms with Crippen LogP contribution in [0, 0.1) is 10.1 Å². The van der Waals surface area contributed by atoms with E-state index in [1.807, 2.05) is 36.4 Å². The van der Waals surface area contributed by atoms with Crippen LogP contribution in [0.3, 0.4) is 0 Å². The van der Waals surface area contributed by atoms with Gasteiger partial charge in [0.2, 0.25) is 0 Å². The minimum Gasteiger partial charge on any atom is -0.497 e. The molecule has 0 spiro atoms. The van der Waals surface area contributed by atoms with Crippen LogP contribution in [-0.4, -0.2) is 17.9 Å². The SMILES string of the molecule is COc1ccc(CNC(=O)c2ccc(Sc3ccc(Br)cc3)c([N+](=O)[O-])c2)cc1. The maximum absolute atomic E-state index is 12.5. The normalized spacial score (nSPS) is 10.4. The first kappa shape index (κ1) is 20.9. The first-order chi connectivity index (χ1) is 14.0. The quantitative estimate of drug-likeness (QED) is 0.365. The van der Waals surface area contributed by atoms with Crippen LogP contribution in [0.2, 0.25) is 0 Å². The second kappa shape index (κ2) is 9.58. The molecular formula is C21H17BrN2O4S. The zero-order chi connectivity index (χ0) is 20.8. The fourth-order valence-electron chi connectivity index (χ4n) is 2.54. The molecule has 148 valence electrons. The van der Waals surface area contributed by atoms with Gasteiger partial charge < -0.3 is 10.1 Å². The molecule has 0 radical (unpaired) electrons. The Bertz CT molecular complexity index is 1020. The molecule has 0 atom stereocenters. The Morgan fingerprint density at radius 2 is 1.79 bits per heavy atom. The Kier molecular flexibility index (Phi) is 6.90. The topological polar surface area (TPSA) is 81.5 Å². The number of nitrogens with zero attached hydrogens (tertiary/aromatic N) is 1. The number of nitro benzene ring substituents is 1. The summed E-state index contributed by atoms with van der Waals surface area (Å²) in [4.78, 5) is 24.8. The number of carbonyl (C=O) groups excluding carboxylic acids is 1. The molecule has 0 saturated carbocycles. The van der Waals surface area contributed by atoms with Crippen molar-refractivity contribution in [2.45, 2.75) is 16.3 Å². The second-order valence-corrected chi connectivity index (χ2v) is 8.06. The predicted molar refractivity (Wildman–Crippen MR) is 116 cm³/mol. The van der Waals surface area contributed by atoms with Crippen molar-refractivity contribution in [3.05, 3.63) is 92.4 Å². The number of rotatable bonds is 7. The first-order valence-corrected chi connectivity index (χ1v) is 10.2. The Labute approximate surface area is 180 Å². The molecule has 0 heterocycles. The van der Waals surface area contributed by atoms with Crippen LogP contribution in [0.4, 0.5) is 5.69 Å². The number of benzene rings is 3. The zero-order valence-electron chi connectivity index (χ0n) is 15.4. The maximum Gasteiger partial charge on any atom is 0.284 e. The fraction of sp³-hybridized carbons (Fsp3) is 0.0952. The fourth-order valence-corrected chi connectivity index (χ4v) is 3.71. The van der Waals surface area contributed by atoms with Crippen LogP contribution in [0.25, 0.3) is 0 Å². The average molecular weight is 473 g/mol. The van der Waals surface area contributed by atoms with Crippen molar-refractivity contribution in [3.63, 3.8) is 0 Å². The molecule has 6 nitrogen and oxygen atoms in total. The van der Waals surface area contributed by atoms with Crippen LogP contribution < -0.4 is 10.1 Å². The highest BCUT2D eigenvalue weighted by Gasteiger charge is 2.18. The van der Waals surface area contributed by atoms with E-state index in [0.29, 0.717) is 11.4 Å². The molecule has 0 aliphatic heterocycles. The van der Waals surface area contributed by atoms with Gasteiger partial charge in [0.1, 0.15) is 5.75 Å². The van der Waals surface area contributed by atoms with Crippen molar-refractivity contribution in [3.8, 4) is 5.75 Å². The molecule has 29 heavy (non-hydrogen) atoms. The number of ether oxygens (including phenoxy) is 1. The molecule has 0 unspecified atom stereocenters. The lowest BCUT2D eigenvalue weighted by atomic mass is 10.1. The van der Waals surface area contributed by atoms with Crippen LogP contribution in [-0.2, 0) is 6.54 Å². The van der Waals surface area contributed by atoms with Crippen molar-refractivity contribution in [1.82, 2.24) is 5.32 Å². The molecule has 0 aliphatic carbocycles. The minimum absolute atomic E-state index is 0.102. The van der Waals surface area contributed by atoms with Crippen molar-refractivity contribution < 1.29 is 14.5 Å². The highest BCUT2D eigenvalue weighted by atomic mass is 79.9. The molecule has 1 N–H and O–H groups in total. The van der Waals surface area contributed by atoms with E-state index in [1.165, 1.54) is 17.8 Å². The molecule has 8 heteroatoms. The summed E-state index contributed by atoms with van der Waals surface area (Å²) in [7, 11) is 1.59. The van der Waals surface area contributed by atoms with E-state index >= 15 is 0 Å². The second-order valence-electron chi connectivity index (χ2n) is 6.03. The monoisotopic (exact) mass is 472 g/mol. The third-order valence-electron chi connectivity index (χ3n) is 4.07. The molecule has 0 aromatic heterocycles. The van der Waals surface area contributed by atoms with Crippen molar-refractivity contribution >= 4 is 39.3 Å². The van der Waals surface area contributed by atoms with Gasteiger partial charge in [-0.3, -0.25) is 14.9 Å². The number of halogens is 1. The Balaban J connectivity index is 1.73. The summed E-state index contributed by atoms with van der Waals surface area (Å²) in [6, 6.07) is 19.3. The smallest absolute Gasteiger partial charge is 0.284 e. The third kappa shape index (κ3) is 5.58. The number of nitro groups is 1. The Hall–Kier alpha value is -2.84. The van der Waals surface area contributed by atoms with Gasteiger partial charge in [0.25, 0.3) is 11.6 Å². The van der Waals surface area contributed by atoms with Gasteiger partial charge in [0, 0.05) is 27.5 Å². The van der Waals surface area contributed by atoms with Crippen molar-refractivity contribution in [1.29, 1.82) is 0 Å². The van der Waals surface area contributed by atoms with Gasteiger partial charge >= 0.3 is 0 Å². The number of methoxy groups -OCH3 is 1. The summed E-state index contributed by atoms with van der Waals surface area (Å²) in [5.74, 6) is 0.360. The molecule has 0 saturated heterocycles. The van der Waals surface area contributed by atoms with E-state index in [-0.39, 0.29) is 17.2 Å². The van der Waals surface area contributed by atoms with E-state index < -0.39 is 4.92 Å². The number of hydrogen-bond acceptors (Lipinski definition) is 5. The molecule has 1 amide bonds.